The summed E-state index contributed by atoms with van der Waals surface area (Å²) in [5.74, 6) is 0.441. The molecule has 0 aliphatic carbocycles. The Hall–Kier alpha value is -3.35. The minimum Gasteiger partial charge on any atom is -0.404 e. The van der Waals surface area contributed by atoms with Gasteiger partial charge in [-0.15, -0.1) is 0 Å². The fourth-order valence-corrected chi connectivity index (χ4v) is 3.38. The van der Waals surface area contributed by atoms with Crippen molar-refractivity contribution in [3.8, 4) is 0 Å². The topological polar surface area (TPSA) is 80.3 Å². The summed E-state index contributed by atoms with van der Waals surface area (Å²) in [6.45, 7) is 1.40. The van der Waals surface area contributed by atoms with Gasteiger partial charge in [0.25, 0.3) is 0 Å². The SMILES string of the molecule is CN=C/C(=C\N)c1cnc2c(c1)CN(c1ncnc3ccc(F)cc13)CC2. The fraction of sp³-hybridized carbons (Fsp3) is 0.200. The first-order chi connectivity index (χ1) is 13.2. The molecule has 27 heavy (non-hydrogen) atoms. The minimum atomic E-state index is -0.295. The number of aromatic nitrogens is 3. The second kappa shape index (κ2) is 7.11. The Kier molecular flexibility index (Phi) is 4.50. The maximum absolute atomic E-state index is 13.8. The number of allylic oxidation sites excluding steroid dienone is 1. The smallest absolute Gasteiger partial charge is 0.140 e. The van der Waals surface area contributed by atoms with Crippen LogP contribution in [0.3, 0.4) is 0 Å². The lowest BCUT2D eigenvalue weighted by Gasteiger charge is -2.30. The number of nitrogens with two attached hydrogens (primary N) is 1. The van der Waals surface area contributed by atoms with Crippen molar-refractivity contribution < 1.29 is 4.39 Å². The van der Waals surface area contributed by atoms with Gasteiger partial charge in [0.1, 0.15) is 18.0 Å². The first-order valence-electron chi connectivity index (χ1n) is 8.67. The van der Waals surface area contributed by atoms with Gasteiger partial charge in [0.15, 0.2) is 0 Å². The molecule has 2 N–H and O–H groups in total. The average Bonchev–Trinajstić information content (AvgIpc) is 2.70. The Bertz CT molecular complexity index is 1060. The maximum Gasteiger partial charge on any atom is 0.140 e. The van der Waals surface area contributed by atoms with Gasteiger partial charge in [-0.05, 0) is 29.8 Å². The third-order valence-corrected chi connectivity index (χ3v) is 4.70. The number of pyridine rings is 1. The predicted molar refractivity (Wildman–Crippen MR) is 105 cm³/mol. The Morgan fingerprint density at radius 3 is 2.96 bits per heavy atom. The summed E-state index contributed by atoms with van der Waals surface area (Å²) in [6, 6.07) is 6.66. The van der Waals surface area contributed by atoms with Crippen LogP contribution in [0.15, 0.2) is 48.0 Å². The molecule has 0 amide bonds. The second-order valence-electron chi connectivity index (χ2n) is 6.37. The van der Waals surface area contributed by atoms with Crippen molar-refractivity contribution in [2.75, 3.05) is 18.5 Å². The second-order valence-corrected chi connectivity index (χ2v) is 6.37. The Morgan fingerprint density at radius 1 is 1.26 bits per heavy atom. The molecule has 1 aromatic carbocycles. The number of hydrogen-bond donors (Lipinski definition) is 1. The first-order valence-corrected chi connectivity index (χ1v) is 8.67. The summed E-state index contributed by atoms with van der Waals surface area (Å²) in [7, 11) is 1.70. The monoisotopic (exact) mass is 362 g/mol. The van der Waals surface area contributed by atoms with Crippen LogP contribution < -0.4 is 10.6 Å². The van der Waals surface area contributed by atoms with E-state index < -0.39 is 0 Å². The summed E-state index contributed by atoms with van der Waals surface area (Å²) in [5, 5.41) is 0.714. The zero-order valence-corrected chi connectivity index (χ0v) is 14.9. The van der Waals surface area contributed by atoms with Crippen LogP contribution in [0.2, 0.25) is 0 Å². The number of fused-ring (bicyclic) bond motifs is 2. The van der Waals surface area contributed by atoms with Crippen molar-refractivity contribution in [3.63, 3.8) is 0 Å². The largest absolute Gasteiger partial charge is 0.404 e. The van der Waals surface area contributed by atoms with Crippen molar-refractivity contribution in [1.82, 2.24) is 15.0 Å². The number of nitrogens with zero attached hydrogens (tertiary/aromatic N) is 5. The minimum absolute atomic E-state index is 0.295. The number of hydrogen-bond acceptors (Lipinski definition) is 6. The maximum atomic E-state index is 13.8. The number of benzene rings is 1. The highest BCUT2D eigenvalue weighted by atomic mass is 19.1. The molecule has 0 saturated carbocycles. The van der Waals surface area contributed by atoms with Crippen molar-refractivity contribution in [2.45, 2.75) is 13.0 Å². The summed E-state index contributed by atoms with van der Waals surface area (Å²) in [6.07, 6.45) is 7.37. The molecular formula is C20H19FN6. The Labute approximate surface area is 156 Å². The molecule has 0 fully saturated rings. The number of aliphatic imine (C=N–C) groups is 1. The van der Waals surface area contributed by atoms with E-state index in [0.717, 1.165) is 46.7 Å². The molecular weight excluding hydrogens is 343 g/mol. The molecule has 2 aromatic heterocycles. The molecule has 0 radical (unpaired) electrons. The van der Waals surface area contributed by atoms with E-state index in [4.69, 9.17) is 5.73 Å². The summed E-state index contributed by atoms with van der Waals surface area (Å²) < 4.78 is 13.8. The van der Waals surface area contributed by atoms with Crippen LogP contribution >= 0.6 is 0 Å². The molecule has 136 valence electrons. The van der Waals surface area contributed by atoms with Crippen LogP contribution in [0.4, 0.5) is 10.2 Å². The third-order valence-electron chi connectivity index (χ3n) is 4.70. The van der Waals surface area contributed by atoms with Crippen molar-refractivity contribution in [1.29, 1.82) is 0 Å². The van der Waals surface area contributed by atoms with Crippen molar-refractivity contribution >= 4 is 28.5 Å². The van der Waals surface area contributed by atoms with Crippen LogP contribution in [0.25, 0.3) is 16.5 Å². The molecule has 3 heterocycles. The molecule has 0 saturated heterocycles. The highest BCUT2D eigenvalue weighted by Gasteiger charge is 2.21. The lowest BCUT2D eigenvalue weighted by Crippen LogP contribution is -2.32. The van der Waals surface area contributed by atoms with Crippen LogP contribution in [0.5, 0.6) is 0 Å². The van der Waals surface area contributed by atoms with Gasteiger partial charge in [0, 0.05) is 67.4 Å². The van der Waals surface area contributed by atoms with E-state index in [0.29, 0.717) is 11.9 Å². The van der Waals surface area contributed by atoms with Crippen molar-refractivity contribution in [2.24, 2.45) is 10.7 Å². The van der Waals surface area contributed by atoms with Crippen LogP contribution in [0.1, 0.15) is 16.8 Å². The van der Waals surface area contributed by atoms with Gasteiger partial charge in [0.2, 0.25) is 0 Å². The molecule has 7 heteroatoms. The van der Waals surface area contributed by atoms with Gasteiger partial charge in [-0.3, -0.25) is 9.98 Å². The molecule has 1 aliphatic rings. The molecule has 4 rings (SSSR count). The van der Waals surface area contributed by atoms with Crippen molar-refractivity contribution in [3.05, 3.63) is 65.6 Å². The number of anilines is 1. The van der Waals surface area contributed by atoms with Crippen LogP contribution in [0, 0.1) is 5.82 Å². The fourth-order valence-electron chi connectivity index (χ4n) is 3.38. The molecule has 0 spiro atoms. The summed E-state index contributed by atoms with van der Waals surface area (Å²) in [4.78, 5) is 19.4. The summed E-state index contributed by atoms with van der Waals surface area (Å²) in [5.41, 5.74) is 10.3. The molecule has 0 atom stereocenters. The van der Waals surface area contributed by atoms with E-state index in [1.54, 1.807) is 19.3 Å². The number of halogens is 1. The Balaban J connectivity index is 1.72. The van der Waals surface area contributed by atoms with Gasteiger partial charge in [0.05, 0.1) is 5.52 Å². The lowest BCUT2D eigenvalue weighted by molar-refractivity contribution is 0.629. The summed E-state index contributed by atoms with van der Waals surface area (Å²) >= 11 is 0. The first kappa shape index (κ1) is 17.1. The lowest BCUT2D eigenvalue weighted by atomic mass is 10.0. The number of rotatable bonds is 3. The van der Waals surface area contributed by atoms with E-state index in [1.807, 2.05) is 6.20 Å². The highest BCUT2D eigenvalue weighted by molar-refractivity contribution is 6.09. The highest BCUT2D eigenvalue weighted by Crippen LogP contribution is 2.29. The molecule has 0 unspecified atom stereocenters. The van der Waals surface area contributed by atoms with E-state index in [1.165, 1.54) is 24.7 Å². The average molecular weight is 362 g/mol. The zero-order valence-electron chi connectivity index (χ0n) is 14.9. The van der Waals surface area contributed by atoms with E-state index >= 15 is 0 Å². The van der Waals surface area contributed by atoms with Gasteiger partial charge in [-0.25, -0.2) is 14.4 Å². The standard InChI is InChI=1S/C20H19FN6/c1-23-9-15(8-22)13-6-14-11-27(5-4-18(14)24-10-13)20-17-7-16(21)2-3-19(17)25-12-26-20/h2-3,6-10,12H,4-5,11,22H2,1H3/b15-8+,23-9?. The zero-order chi connectivity index (χ0) is 18.8. The van der Waals surface area contributed by atoms with Gasteiger partial charge in [-0.1, -0.05) is 0 Å². The Morgan fingerprint density at radius 2 is 2.15 bits per heavy atom. The normalized spacial score (nSPS) is 14.7. The van der Waals surface area contributed by atoms with Gasteiger partial charge >= 0.3 is 0 Å². The quantitative estimate of drug-likeness (QED) is 0.725. The van der Waals surface area contributed by atoms with Gasteiger partial charge in [-0.2, -0.15) is 0 Å². The van der Waals surface area contributed by atoms with Gasteiger partial charge < -0.3 is 10.6 Å². The van der Waals surface area contributed by atoms with Crippen LogP contribution in [-0.4, -0.2) is 34.8 Å². The van der Waals surface area contributed by atoms with Crippen LogP contribution in [-0.2, 0) is 13.0 Å². The third kappa shape index (κ3) is 3.23. The molecule has 3 aromatic rings. The molecule has 1 aliphatic heterocycles. The molecule has 0 bridgehead atoms. The van der Waals surface area contributed by atoms with E-state index in [9.17, 15) is 4.39 Å². The van der Waals surface area contributed by atoms with E-state index in [-0.39, 0.29) is 5.82 Å². The molecule has 6 nitrogen and oxygen atoms in total. The van der Waals surface area contributed by atoms with E-state index in [2.05, 4.69) is 30.9 Å². The predicted octanol–water partition coefficient (Wildman–Crippen LogP) is 2.73.